The standard InChI is InChI=1S/C55H100O16P2/c1-4-7-10-13-16-19-22-23-24-25-28-30-32-35-38-41-53(58)65-44-50(56)45-67-72(61,62)68-46-51(57)47-69-73(63,64)70-49-52(71-55(60)43-40-37-34-31-27-21-18-15-12-9-6-3)48-66-54(59)42-39-36-33-29-26-20-17-14-11-8-5-2/h7,10,14,16-17,19,23-24,50-52,56-57H,4-6,8-9,11-13,15,18,20-22,25-49H2,1-3H3,(H,61,62)(H,63,64)/b10-7-,17-14-,19-16-,24-23-. The highest BCUT2D eigenvalue weighted by atomic mass is 31.2. The molecule has 4 N–H and O–H groups in total. The minimum absolute atomic E-state index is 0.108. The average molecular weight is 1080 g/mol. The highest BCUT2D eigenvalue weighted by Gasteiger charge is 2.29. The molecule has 0 fully saturated rings. The summed E-state index contributed by atoms with van der Waals surface area (Å²) in [5, 5.41) is 20.4. The molecule has 5 atom stereocenters. The van der Waals surface area contributed by atoms with E-state index in [1.54, 1.807) is 0 Å². The number of allylic oxidation sites excluding steroid dienone is 8. The second-order valence-electron chi connectivity index (χ2n) is 18.7. The summed E-state index contributed by atoms with van der Waals surface area (Å²) in [7, 11) is -9.74. The smallest absolute Gasteiger partial charge is 0.463 e. The van der Waals surface area contributed by atoms with Gasteiger partial charge in [0.2, 0.25) is 0 Å². The van der Waals surface area contributed by atoms with Crippen LogP contribution in [0.25, 0.3) is 0 Å². The second-order valence-corrected chi connectivity index (χ2v) is 21.6. The van der Waals surface area contributed by atoms with E-state index in [4.69, 9.17) is 32.3 Å². The van der Waals surface area contributed by atoms with E-state index in [9.17, 15) is 43.5 Å². The first-order valence-electron chi connectivity index (χ1n) is 27.9. The van der Waals surface area contributed by atoms with E-state index in [0.717, 1.165) is 116 Å². The topological polar surface area (TPSA) is 231 Å². The molecule has 0 aliphatic rings. The number of ether oxygens (including phenoxy) is 3. The Kier molecular flexibility index (Phi) is 48.6. The number of phosphoric ester groups is 2. The predicted octanol–water partition coefficient (Wildman–Crippen LogP) is 13.7. The van der Waals surface area contributed by atoms with Crippen molar-refractivity contribution in [2.75, 3.05) is 39.6 Å². The Morgan fingerprint density at radius 1 is 0.397 bits per heavy atom. The Bertz CT molecular complexity index is 1550. The van der Waals surface area contributed by atoms with Crippen molar-refractivity contribution in [3.05, 3.63) is 48.6 Å². The van der Waals surface area contributed by atoms with Gasteiger partial charge in [0.1, 0.15) is 25.4 Å². The van der Waals surface area contributed by atoms with Gasteiger partial charge in [0.25, 0.3) is 0 Å². The highest BCUT2D eigenvalue weighted by molar-refractivity contribution is 7.47. The largest absolute Gasteiger partial charge is 0.472 e. The van der Waals surface area contributed by atoms with E-state index < -0.39 is 91.5 Å². The SMILES string of the molecule is CC/C=C\C/C=C\C/C=C\CCCCCCCC(=O)OCC(O)COP(=O)(O)OCC(O)COP(=O)(O)OCC(COC(=O)CCCCCCC/C=C\CCCC)OC(=O)CCCCCCCCCCCCC. The Hall–Kier alpha value is -2.49. The first kappa shape index (κ1) is 70.5. The normalized spacial score (nSPS) is 15.0. The van der Waals surface area contributed by atoms with Crippen LogP contribution in [0.5, 0.6) is 0 Å². The maximum atomic E-state index is 12.8. The van der Waals surface area contributed by atoms with Gasteiger partial charge in [-0.25, -0.2) is 9.13 Å². The molecule has 5 unspecified atom stereocenters. The molecule has 0 spiro atoms. The van der Waals surface area contributed by atoms with Crippen LogP contribution in [0.3, 0.4) is 0 Å². The van der Waals surface area contributed by atoms with E-state index in [1.807, 2.05) is 0 Å². The minimum Gasteiger partial charge on any atom is -0.463 e. The molecule has 0 heterocycles. The van der Waals surface area contributed by atoms with Crippen LogP contribution in [0.1, 0.15) is 226 Å². The fourth-order valence-corrected chi connectivity index (χ4v) is 8.80. The number of rotatable bonds is 53. The van der Waals surface area contributed by atoms with Crippen molar-refractivity contribution < 1.29 is 75.8 Å². The molecule has 0 saturated carbocycles. The van der Waals surface area contributed by atoms with Gasteiger partial charge in [-0.2, -0.15) is 0 Å². The van der Waals surface area contributed by atoms with Crippen LogP contribution < -0.4 is 0 Å². The summed E-state index contributed by atoms with van der Waals surface area (Å²) in [5.74, 6) is -1.60. The van der Waals surface area contributed by atoms with Crippen LogP contribution in [0.4, 0.5) is 0 Å². The average Bonchev–Trinajstić information content (AvgIpc) is 3.36. The van der Waals surface area contributed by atoms with Gasteiger partial charge in [0.05, 0.1) is 26.4 Å². The van der Waals surface area contributed by atoms with Crippen molar-refractivity contribution in [2.45, 2.75) is 245 Å². The zero-order valence-corrected chi connectivity index (χ0v) is 47.1. The first-order chi connectivity index (χ1) is 35.2. The summed E-state index contributed by atoms with van der Waals surface area (Å²) in [6.07, 6.45) is 43.5. The number of aliphatic hydroxyl groups excluding tert-OH is 2. The molecule has 0 aliphatic carbocycles. The lowest BCUT2D eigenvalue weighted by atomic mass is 10.1. The maximum absolute atomic E-state index is 12.8. The molecule has 0 bridgehead atoms. The zero-order chi connectivity index (χ0) is 53.9. The van der Waals surface area contributed by atoms with E-state index in [1.165, 1.54) is 51.4 Å². The van der Waals surface area contributed by atoms with Crippen molar-refractivity contribution in [1.29, 1.82) is 0 Å². The van der Waals surface area contributed by atoms with Gasteiger partial charge in [-0.15, -0.1) is 0 Å². The molecular weight excluding hydrogens is 979 g/mol. The number of esters is 3. The third kappa shape index (κ3) is 51.4. The third-order valence-corrected chi connectivity index (χ3v) is 13.4. The van der Waals surface area contributed by atoms with Gasteiger partial charge < -0.3 is 34.2 Å². The van der Waals surface area contributed by atoms with Crippen LogP contribution in [0, 0.1) is 0 Å². The van der Waals surface area contributed by atoms with Crippen LogP contribution in [-0.4, -0.2) is 95.9 Å². The fourth-order valence-electron chi connectivity index (χ4n) is 7.21. The number of hydrogen-bond donors (Lipinski definition) is 4. The predicted molar refractivity (Wildman–Crippen MR) is 289 cm³/mol. The van der Waals surface area contributed by atoms with Gasteiger partial charge in [-0.05, 0) is 70.6 Å². The van der Waals surface area contributed by atoms with Gasteiger partial charge in [0.15, 0.2) is 6.10 Å². The monoisotopic (exact) mass is 1080 g/mol. The molecule has 0 aromatic heterocycles. The summed E-state index contributed by atoms with van der Waals surface area (Å²) in [4.78, 5) is 57.8. The Morgan fingerprint density at radius 2 is 0.740 bits per heavy atom. The Labute approximate surface area is 440 Å². The molecule has 0 aromatic rings. The summed E-state index contributed by atoms with van der Waals surface area (Å²) < 4.78 is 60.4. The van der Waals surface area contributed by atoms with Crippen LogP contribution in [0.15, 0.2) is 48.6 Å². The van der Waals surface area contributed by atoms with Gasteiger partial charge in [-0.1, -0.05) is 185 Å². The molecule has 0 saturated heterocycles. The Morgan fingerprint density at radius 3 is 1.21 bits per heavy atom. The summed E-state index contributed by atoms with van der Waals surface area (Å²) >= 11 is 0. The molecule has 18 heteroatoms. The van der Waals surface area contributed by atoms with Crippen LogP contribution >= 0.6 is 15.6 Å². The molecular formula is C55H100O16P2. The van der Waals surface area contributed by atoms with E-state index >= 15 is 0 Å². The van der Waals surface area contributed by atoms with Crippen molar-refractivity contribution in [1.82, 2.24) is 0 Å². The molecule has 0 aliphatic heterocycles. The van der Waals surface area contributed by atoms with Crippen molar-refractivity contribution in [2.24, 2.45) is 0 Å². The molecule has 0 radical (unpaired) electrons. The molecule has 0 aromatic carbocycles. The Balaban J connectivity index is 4.65. The zero-order valence-electron chi connectivity index (χ0n) is 45.3. The number of phosphoric acid groups is 2. The molecule has 73 heavy (non-hydrogen) atoms. The van der Waals surface area contributed by atoms with Crippen LogP contribution in [0.2, 0.25) is 0 Å². The first-order valence-corrected chi connectivity index (χ1v) is 30.9. The molecule has 0 rings (SSSR count). The van der Waals surface area contributed by atoms with Gasteiger partial charge >= 0.3 is 33.6 Å². The summed E-state index contributed by atoms with van der Waals surface area (Å²) in [6.45, 7) is 2.45. The number of unbranched alkanes of at least 4 members (excludes halogenated alkanes) is 22. The van der Waals surface area contributed by atoms with Crippen molar-refractivity contribution in [3.63, 3.8) is 0 Å². The number of carbonyl (C=O) groups excluding carboxylic acids is 3. The molecule has 16 nitrogen and oxygen atoms in total. The minimum atomic E-state index is -4.90. The number of carbonyl (C=O) groups is 3. The van der Waals surface area contributed by atoms with E-state index in [0.29, 0.717) is 19.3 Å². The van der Waals surface area contributed by atoms with E-state index in [2.05, 4.69) is 69.4 Å². The molecule has 426 valence electrons. The van der Waals surface area contributed by atoms with Gasteiger partial charge in [-0.3, -0.25) is 32.5 Å². The van der Waals surface area contributed by atoms with E-state index in [-0.39, 0.29) is 19.3 Å². The fraction of sp³-hybridized carbons (Fsp3) is 0.800. The van der Waals surface area contributed by atoms with Gasteiger partial charge in [0, 0.05) is 19.3 Å². The second kappa shape index (κ2) is 50.3. The maximum Gasteiger partial charge on any atom is 0.472 e. The lowest BCUT2D eigenvalue weighted by molar-refractivity contribution is -0.161. The van der Waals surface area contributed by atoms with Crippen LogP contribution in [-0.2, 0) is 55.8 Å². The third-order valence-electron chi connectivity index (χ3n) is 11.5. The lowest BCUT2D eigenvalue weighted by Gasteiger charge is -2.21. The lowest BCUT2D eigenvalue weighted by Crippen LogP contribution is -2.30. The quantitative estimate of drug-likeness (QED) is 0.0146. The molecule has 0 amide bonds. The van der Waals surface area contributed by atoms with Crippen molar-refractivity contribution in [3.8, 4) is 0 Å². The summed E-state index contributed by atoms with van der Waals surface area (Å²) in [5.41, 5.74) is 0. The van der Waals surface area contributed by atoms with Crippen molar-refractivity contribution >= 4 is 33.6 Å². The highest BCUT2D eigenvalue weighted by Crippen LogP contribution is 2.45. The number of aliphatic hydroxyl groups is 2. The number of hydrogen-bond acceptors (Lipinski definition) is 14. The summed E-state index contributed by atoms with van der Waals surface area (Å²) in [6, 6.07) is 0.